The second-order valence-corrected chi connectivity index (χ2v) is 5.30. The van der Waals surface area contributed by atoms with Gasteiger partial charge in [-0.05, 0) is 30.2 Å². The molecular weight excluding hydrogens is 328 g/mol. The number of hydrogen-bond acceptors (Lipinski definition) is 5. The highest BCUT2D eigenvalue weighted by molar-refractivity contribution is 5.81. The zero-order chi connectivity index (χ0) is 17.4. The summed E-state index contributed by atoms with van der Waals surface area (Å²) in [4.78, 5) is 8.48. The zero-order valence-electron chi connectivity index (χ0n) is 12.8. The van der Waals surface area contributed by atoms with Crippen LogP contribution in [0.5, 0.6) is 0 Å². The second-order valence-electron chi connectivity index (χ2n) is 5.30. The molecule has 0 saturated heterocycles. The molecule has 3 aromatic heterocycles. The van der Waals surface area contributed by atoms with Gasteiger partial charge >= 0.3 is 0 Å². The molecule has 0 atom stereocenters. The Labute approximate surface area is 140 Å². The first-order valence-electron chi connectivity index (χ1n) is 7.39. The number of allylic oxidation sites excluding steroid dienone is 1. The molecule has 1 N–H and O–H groups in total. The highest BCUT2D eigenvalue weighted by atomic mass is 19.2. The van der Waals surface area contributed by atoms with Crippen molar-refractivity contribution in [2.75, 3.05) is 0 Å². The molecule has 0 fully saturated rings. The first-order chi connectivity index (χ1) is 12.2. The summed E-state index contributed by atoms with van der Waals surface area (Å²) >= 11 is 0. The Kier molecular flexibility index (Phi) is 3.57. The van der Waals surface area contributed by atoms with E-state index in [1.54, 1.807) is 6.08 Å². The Bertz CT molecular complexity index is 1090. The molecule has 0 radical (unpaired) electrons. The minimum absolute atomic E-state index is 0.00430. The van der Waals surface area contributed by atoms with E-state index in [-0.39, 0.29) is 17.0 Å². The molecule has 0 spiro atoms. The molecule has 8 heteroatoms. The topological polar surface area (TPSA) is 80.5 Å². The number of oxazole rings is 1. The van der Waals surface area contributed by atoms with Crippen LogP contribution >= 0.6 is 0 Å². The lowest BCUT2D eigenvalue weighted by molar-refractivity contribution is 0.511. The van der Waals surface area contributed by atoms with Crippen LogP contribution in [0.25, 0.3) is 33.9 Å². The zero-order valence-corrected chi connectivity index (χ0v) is 12.8. The minimum atomic E-state index is -0.995. The molecule has 0 aliphatic rings. The van der Waals surface area contributed by atoms with E-state index >= 15 is 0 Å². The van der Waals surface area contributed by atoms with E-state index in [0.717, 1.165) is 11.6 Å². The Balaban J connectivity index is 1.96. The Hall–Kier alpha value is -3.42. The predicted octanol–water partition coefficient (Wildman–Crippen LogP) is 3.68. The third kappa shape index (κ3) is 2.47. The number of halogens is 2. The molecule has 25 heavy (non-hydrogen) atoms. The standard InChI is InChI=1S/C17H11F2N5O/c1-2-4-9-7-12-17(23-24-22-12)21-14(9)16-15(20-8-25-16)10-5-3-6-11(18)13(10)19/h2-3,5-8H,1,4H2,(H,21,22,23,24). The quantitative estimate of drug-likeness (QED) is 0.574. The number of H-pyrrole nitrogens is 1. The van der Waals surface area contributed by atoms with Crippen molar-refractivity contribution >= 4 is 11.2 Å². The summed E-state index contributed by atoms with van der Waals surface area (Å²) in [6, 6.07) is 5.70. The number of nitrogens with one attached hydrogen (secondary N) is 1. The average molecular weight is 339 g/mol. The van der Waals surface area contributed by atoms with Gasteiger partial charge in [-0.2, -0.15) is 0 Å². The number of aromatic nitrogens is 5. The number of nitrogens with zero attached hydrogens (tertiary/aromatic N) is 4. The van der Waals surface area contributed by atoms with Crippen LogP contribution in [0, 0.1) is 11.6 Å². The molecule has 0 unspecified atom stereocenters. The molecule has 3 heterocycles. The molecular formula is C17H11F2N5O. The highest BCUT2D eigenvalue weighted by Gasteiger charge is 2.22. The lowest BCUT2D eigenvalue weighted by Gasteiger charge is -2.07. The van der Waals surface area contributed by atoms with Crippen LogP contribution in [0.3, 0.4) is 0 Å². The van der Waals surface area contributed by atoms with Crippen molar-refractivity contribution in [2.24, 2.45) is 0 Å². The van der Waals surface area contributed by atoms with Gasteiger partial charge in [0.05, 0.1) is 0 Å². The van der Waals surface area contributed by atoms with Crippen LogP contribution < -0.4 is 0 Å². The predicted molar refractivity (Wildman–Crippen MR) is 86.4 cm³/mol. The smallest absolute Gasteiger partial charge is 0.202 e. The fourth-order valence-corrected chi connectivity index (χ4v) is 2.63. The number of rotatable bonds is 4. The highest BCUT2D eigenvalue weighted by Crippen LogP contribution is 2.34. The first-order valence-corrected chi connectivity index (χ1v) is 7.39. The van der Waals surface area contributed by atoms with Crippen LogP contribution in [0.15, 0.2) is 47.7 Å². The minimum Gasteiger partial charge on any atom is -0.441 e. The largest absolute Gasteiger partial charge is 0.441 e. The van der Waals surface area contributed by atoms with Crippen molar-refractivity contribution in [1.82, 2.24) is 25.4 Å². The summed E-state index contributed by atoms with van der Waals surface area (Å²) in [6.07, 6.45) is 3.36. The Morgan fingerprint density at radius 1 is 1.24 bits per heavy atom. The van der Waals surface area contributed by atoms with Crippen LogP contribution in [-0.4, -0.2) is 25.4 Å². The number of hydrogen-bond donors (Lipinski definition) is 1. The van der Waals surface area contributed by atoms with Crippen LogP contribution in [0.2, 0.25) is 0 Å². The maximum Gasteiger partial charge on any atom is 0.202 e. The summed E-state index contributed by atoms with van der Waals surface area (Å²) < 4.78 is 33.2. The number of aromatic amines is 1. The van der Waals surface area contributed by atoms with Crippen molar-refractivity contribution in [1.29, 1.82) is 0 Å². The molecule has 0 bridgehead atoms. The van der Waals surface area contributed by atoms with E-state index in [1.165, 1.54) is 18.5 Å². The third-order valence-electron chi connectivity index (χ3n) is 3.75. The molecule has 1 aromatic carbocycles. The van der Waals surface area contributed by atoms with E-state index in [9.17, 15) is 8.78 Å². The van der Waals surface area contributed by atoms with Crippen LogP contribution in [-0.2, 0) is 6.42 Å². The molecule has 0 aliphatic carbocycles. The summed E-state index contributed by atoms with van der Waals surface area (Å²) in [5, 5.41) is 10.3. The van der Waals surface area contributed by atoms with E-state index in [0.29, 0.717) is 23.3 Å². The lowest BCUT2D eigenvalue weighted by Crippen LogP contribution is -1.96. The Morgan fingerprint density at radius 3 is 2.96 bits per heavy atom. The van der Waals surface area contributed by atoms with Crippen LogP contribution in [0.1, 0.15) is 5.56 Å². The fourth-order valence-electron chi connectivity index (χ4n) is 2.63. The molecule has 4 aromatic rings. The van der Waals surface area contributed by atoms with Gasteiger partial charge in [0.15, 0.2) is 23.8 Å². The molecule has 0 amide bonds. The van der Waals surface area contributed by atoms with Crippen LogP contribution in [0.4, 0.5) is 8.78 Å². The van der Waals surface area contributed by atoms with Gasteiger partial charge in [0.1, 0.15) is 16.9 Å². The SMILES string of the molecule is C=CCc1cc2[nH]nnc2nc1-c1ocnc1-c1cccc(F)c1F. The average Bonchev–Trinajstić information content (AvgIpc) is 3.25. The Morgan fingerprint density at radius 2 is 2.12 bits per heavy atom. The second kappa shape index (κ2) is 5.90. The molecule has 0 aliphatic heterocycles. The van der Waals surface area contributed by atoms with Gasteiger partial charge in [-0.3, -0.25) is 5.10 Å². The number of pyridine rings is 1. The van der Waals surface area contributed by atoms with Gasteiger partial charge in [0, 0.05) is 5.56 Å². The first kappa shape index (κ1) is 15.1. The van der Waals surface area contributed by atoms with E-state index in [2.05, 4.69) is 32.0 Å². The van der Waals surface area contributed by atoms with Crippen molar-refractivity contribution in [3.63, 3.8) is 0 Å². The van der Waals surface area contributed by atoms with Crippen molar-refractivity contribution in [3.05, 3.63) is 60.5 Å². The number of benzene rings is 1. The van der Waals surface area contributed by atoms with Crippen molar-refractivity contribution in [3.8, 4) is 22.7 Å². The molecule has 6 nitrogen and oxygen atoms in total. The summed E-state index contributed by atoms with van der Waals surface area (Å²) in [5.41, 5.74) is 2.39. The van der Waals surface area contributed by atoms with Crippen molar-refractivity contribution < 1.29 is 13.2 Å². The van der Waals surface area contributed by atoms with E-state index in [1.807, 2.05) is 6.07 Å². The monoisotopic (exact) mass is 339 g/mol. The van der Waals surface area contributed by atoms with Gasteiger partial charge in [0.2, 0.25) is 5.65 Å². The maximum atomic E-state index is 14.2. The third-order valence-corrected chi connectivity index (χ3v) is 3.75. The number of fused-ring (bicyclic) bond motifs is 1. The van der Waals surface area contributed by atoms with Gasteiger partial charge in [-0.15, -0.1) is 11.7 Å². The molecule has 4 rings (SSSR count). The van der Waals surface area contributed by atoms with Gasteiger partial charge in [-0.1, -0.05) is 17.4 Å². The summed E-state index contributed by atoms with van der Waals surface area (Å²) in [5.74, 6) is -1.73. The summed E-state index contributed by atoms with van der Waals surface area (Å²) in [7, 11) is 0. The van der Waals surface area contributed by atoms with Gasteiger partial charge in [0.25, 0.3) is 0 Å². The van der Waals surface area contributed by atoms with E-state index < -0.39 is 11.6 Å². The molecule has 124 valence electrons. The maximum absolute atomic E-state index is 14.2. The van der Waals surface area contributed by atoms with E-state index in [4.69, 9.17) is 4.42 Å². The van der Waals surface area contributed by atoms with Crippen molar-refractivity contribution in [2.45, 2.75) is 6.42 Å². The summed E-state index contributed by atoms with van der Waals surface area (Å²) in [6.45, 7) is 3.73. The van der Waals surface area contributed by atoms with Gasteiger partial charge < -0.3 is 4.42 Å². The lowest BCUT2D eigenvalue weighted by atomic mass is 10.0. The van der Waals surface area contributed by atoms with Gasteiger partial charge in [-0.25, -0.2) is 18.7 Å². The molecule has 0 saturated carbocycles. The fraction of sp³-hybridized carbons (Fsp3) is 0.0588. The normalized spacial score (nSPS) is 11.1.